The standard InChI is InChI=1S/C56H68FN11O5S/c1-37-52(74-36-60-37)39-22-20-38(21-23-39)33-59-54(72)45-32-42(69)35-67(45)55(73)53(56(2,3)4)62-50(70)18-8-6-5-7-9-19-51(71)65-29-27-64(28-30-65)48-17-11-15-43(61-48)46-34-58-47-24-25-49(63-68(46)47)66-26-12-16-44(66)40-13-10-14-41(57)31-40/h10-11,13-15,17,20-25,31,34,36,42,44-45,53,69H,5-9,12,16,18-19,26-30,32-33,35H2,1-4H3,(H,59,72)(H,62,70)/t42-,44?,45+,53-/m1/s1. The molecule has 3 aliphatic rings. The average Bonchev–Trinajstić information content (AvgIpc) is 4.24. The molecule has 3 saturated heterocycles. The molecule has 4 atom stereocenters. The van der Waals surface area contributed by atoms with Gasteiger partial charge in [-0.25, -0.2) is 23.9 Å². The quantitative estimate of drug-likeness (QED) is 0.0713. The molecule has 2 aromatic carbocycles. The number of carbonyl (C=O) groups excluding carboxylic acids is 4. The molecule has 0 spiro atoms. The normalized spacial score (nSPS) is 18.5. The summed E-state index contributed by atoms with van der Waals surface area (Å²) in [6.07, 6.45) is 7.69. The van der Waals surface area contributed by atoms with Gasteiger partial charge in [0.2, 0.25) is 23.6 Å². The lowest BCUT2D eigenvalue weighted by Gasteiger charge is -2.35. The number of rotatable bonds is 18. The van der Waals surface area contributed by atoms with E-state index in [1.54, 1.807) is 29.7 Å². The Morgan fingerprint density at radius 1 is 0.865 bits per heavy atom. The third-order valence-electron chi connectivity index (χ3n) is 14.6. The lowest BCUT2D eigenvalue weighted by molar-refractivity contribution is -0.144. The monoisotopic (exact) mass is 1030 g/mol. The van der Waals surface area contributed by atoms with Crippen molar-refractivity contribution in [1.82, 2.24) is 45.0 Å². The summed E-state index contributed by atoms with van der Waals surface area (Å²) in [5.74, 6) is 0.584. The topological polar surface area (TPSA) is 182 Å². The third kappa shape index (κ3) is 12.2. The Hall–Kier alpha value is -6.79. The van der Waals surface area contributed by atoms with Crippen LogP contribution in [0, 0.1) is 18.2 Å². The molecule has 9 rings (SSSR count). The van der Waals surface area contributed by atoms with Crippen LogP contribution in [-0.2, 0) is 25.7 Å². The molecule has 0 bridgehead atoms. The maximum absolute atomic E-state index is 14.2. The van der Waals surface area contributed by atoms with Crippen LogP contribution in [0.25, 0.3) is 27.5 Å². The second-order valence-corrected chi connectivity index (χ2v) is 21.8. The van der Waals surface area contributed by atoms with Gasteiger partial charge in [-0.2, -0.15) is 0 Å². The van der Waals surface area contributed by atoms with E-state index in [-0.39, 0.29) is 61.4 Å². The molecule has 3 aliphatic heterocycles. The number of hydrogen-bond acceptors (Lipinski definition) is 12. The number of aliphatic hydroxyl groups is 1. The highest BCUT2D eigenvalue weighted by Crippen LogP contribution is 2.36. The zero-order chi connectivity index (χ0) is 51.9. The number of carbonyl (C=O) groups is 4. The van der Waals surface area contributed by atoms with Crippen molar-refractivity contribution in [2.75, 3.05) is 49.1 Å². The number of aliphatic hydroxyl groups excluding tert-OH is 1. The Balaban J connectivity index is 0.686. The number of β-amino-alcohol motifs (C(OH)–C–C–N with tert-alkyl or cyclic N) is 1. The van der Waals surface area contributed by atoms with Crippen LogP contribution in [0.4, 0.5) is 16.0 Å². The number of unbranched alkanes of at least 4 members (excludes halogenated alkanes) is 4. The van der Waals surface area contributed by atoms with Crippen molar-refractivity contribution in [1.29, 1.82) is 0 Å². The Morgan fingerprint density at radius 3 is 2.36 bits per heavy atom. The van der Waals surface area contributed by atoms with E-state index in [1.165, 1.54) is 11.0 Å². The highest BCUT2D eigenvalue weighted by atomic mass is 32.1. The number of benzene rings is 2. The second kappa shape index (κ2) is 23.2. The van der Waals surface area contributed by atoms with E-state index >= 15 is 0 Å². The Morgan fingerprint density at radius 2 is 1.62 bits per heavy atom. The van der Waals surface area contributed by atoms with Crippen molar-refractivity contribution >= 4 is 52.2 Å². The highest BCUT2D eigenvalue weighted by Gasteiger charge is 2.44. The van der Waals surface area contributed by atoms with Crippen molar-refractivity contribution in [3.63, 3.8) is 0 Å². The number of nitrogens with one attached hydrogen (secondary N) is 2. The number of fused-ring (bicyclic) bond motifs is 1. The molecule has 16 nitrogen and oxygen atoms in total. The van der Waals surface area contributed by atoms with E-state index in [2.05, 4.69) is 30.4 Å². The molecule has 1 unspecified atom stereocenters. The summed E-state index contributed by atoms with van der Waals surface area (Å²) in [5, 5.41) is 21.6. The minimum atomic E-state index is -0.882. The Labute approximate surface area is 436 Å². The number of pyridine rings is 1. The van der Waals surface area contributed by atoms with Gasteiger partial charge < -0.3 is 35.3 Å². The molecule has 0 saturated carbocycles. The van der Waals surface area contributed by atoms with Gasteiger partial charge in [0.25, 0.3) is 0 Å². The van der Waals surface area contributed by atoms with E-state index in [9.17, 15) is 28.7 Å². The molecule has 7 heterocycles. The van der Waals surface area contributed by atoms with E-state index in [0.717, 1.165) is 95.4 Å². The molecule has 74 heavy (non-hydrogen) atoms. The fourth-order valence-electron chi connectivity index (χ4n) is 10.5. The summed E-state index contributed by atoms with van der Waals surface area (Å²) in [5.41, 5.74) is 7.29. The zero-order valence-electron chi connectivity index (χ0n) is 42.9. The van der Waals surface area contributed by atoms with Gasteiger partial charge in [-0.15, -0.1) is 16.4 Å². The van der Waals surface area contributed by atoms with Crippen LogP contribution in [0.1, 0.15) is 108 Å². The van der Waals surface area contributed by atoms with Gasteiger partial charge in [0, 0.05) is 65.1 Å². The first kappa shape index (κ1) is 52.1. The number of aromatic nitrogens is 5. The summed E-state index contributed by atoms with van der Waals surface area (Å²) < 4.78 is 16.0. The van der Waals surface area contributed by atoms with Crippen molar-refractivity contribution in [2.45, 2.75) is 123 Å². The SMILES string of the molecule is Cc1ncsc1-c1ccc(CNC(=O)[C@@H]2C[C@@H](O)CN2C(=O)[C@@H](NC(=O)CCCCCCCC(=O)N2CCN(c3cccc(-c4cnc5ccc(N6CCCC6c6cccc(F)c6)nn45)n3)CC2)C(C)(C)C)cc1. The number of piperazine rings is 1. The van der Waals surface area contributed by atoms with Crippen molar-refractivity contribution in [3.05, 3.63) is 113 Å². The van der Waals surface area contributed by atoms with Crippen LogP contribution in [0.15, 0.2) is 90.6 Å². The molecule has 6 aromatic rings. The summed E-state index contributed by atoms with van der Waals surface area (Å²) in [7, 11) is 0. The van der Waals surface area contributed by atoms with Crippen LogP contribution in [0.5, 0.6) is 0 Å². The van der Waals surface area contributed by atoms with Crippen molar-refractivity contribution in [3.8, 4) is 21.8 Å². The Bertz CT molecular complexity index is 2930. The van der Waals surface area contributed by atoms with Gasteiger partial charge in [-0.3, -0.25) is 19.2 Å². The summed E-state index contributed by atoms with van der Waals surface area (Å²) >= 11 is 1.58. The maximum atomic E-state index is 14.2. The number of aryl methyl sites for hydroxylation is 1. The molecule has 18 heteroatoms. The van der Waals surface area contributed by atoms with Crippen LogP contribution >= 0.6 is 11.3 Å². The van der Waals surface area contributed by atoms with Crippen molar-refractivity contribution in [2.24, 2.45) is 5.41 Å². The molecule has 3 fully saturated rings. The van der Waals surface area contributed by atoms with E-state index < -0.39 is 23.6 Å². The average molecular weight is 1030 g/mol. The number of halogens is 1. The number of amides is 4. The van der Waals surface area contributed by atoms with Gasteiger partial charge >= 0.3 is 0 Å². The van der Waals surface area contributed by atoms with E-state index in [1.807, 2.05) is 103 Å². The van der Waals surface area contributed by atoms with Gasteiger partial charge in [-0.05, 0) is 91.1 Å². The lowest BCUT2D eigenvalue weighted by Crippen LogP contribution is -2.57. The molecule has 0 aliphatic carbocycles. The molecule has 0 radical (unpaired) electrons. The molecule has 4 aromatic heterocycles. The van der Waals surface area contributed by atoms with Gasteiger partial charge in [0.05, 0.1) is 40.1 Å². The number of anilines is 2. The lowest BCUT2D eigenvalue weighted by atomic mass is 9.85. The highest BCUT2D eigenvalue weighted by molar-refractivity contribution is 7.13. The summed E-state index contributed by atoms with van der Waals surface area (Å²) in [6.45, 7) is 11.3. The first-order valence-corrected chi connectivity index (χ1v) is 27.0. The fourth-order valence-corrected chi connectivity index (χ4v) is 11.3. The van der Waals surface area contributed by atoms with Crippen molar-refractivity contribution < 1.29 is 28.7 Å². The van der Waals surface area contributed by atoms with Crippen LogP contribution in [0.2, 0.25) is 0 Å². The number of likely N-dealkylation sites (tertiary alicyclic amines) is 1. The predicted molar refractivity (Wildman–Crippen MR) is 285 cm³/mol. The smallest absolute Gasteiger partial charge is 0.246 e. The maximum Gasteiger partial charge on any atom is 0.246 e. The summed E-state index contributed by atoms with van der Waals surface area (Å²) in [6, 6.07) is 22.9. The van der Waals surface area contributed by atoms with Crippen LogP contribution in [-0.4, -0.2) is 121 Å². The minimum Gasteiger partial charge on any atom is -0.391 e. The predicted octanol–water partition coefficient (Wildman–Crippen LogP) is 7.89. The molecule has 390 valence electrons. The fraction of sp³-hybridized carbons (Fsp3) is 0.464. The van der Waals surface area contributed by atoms with Gasteiger partial charge in [-0.1, -0.05) is 82.5 Å². The largest absolute Gasteiger partial charge is 0.391 e. The summed E-state index contributed by atoms with van der Waals surface area (Å²) in [4.78, 5) is 77.0. The first-order chi connectivity index (χ1) is 35.7. The van der Waals surface area contributed by atoms with Crippen LogP contribution < -0.4 is 20.4 Å². The molecular weight excluding hydrogens is 958 g/mol. The van der Waals surface area contributed by atoms with E-state index in [4.69, 9.17) is 10.1 Å². The number of thiazole rings is 1. The Kier molecular flexibility index (Phi) is 16.3. The number of imidazole rings is 1. The molecular formula is C56H68FN11O5S. The second-order valence-electron chi connectivity index (χ2n) is 21.0. The molecule has 4 amide bonds. The van der Waals surface area contributed by atoms with Gasteiger partial charge in [0.1, 0.15) is 35.2 Å². The van der Waals surface area contributed by atoms with Gasteiger partial charge in [0.15, 0.2) is 5.65 Å². The zero-order valence-corrected chi connectivity index (χ0v) is 43.7. The number of hydrogen-bond donors (Lipinski definition) is 3. The molecule has 3 N–H and O–H groups in total. The minimum absolute atomic E-state index is 0.0152. The first-order valence-electron chi connectivity index (χ1n) is 26.1. The third-order valence-corrected chi connectivity index (χ3v) is 15.6. The van der Waals surface area contributed by atoms with E-state index in [0.29, 0.717) is 44.7 Å². The number of nitrogens with zero attached hydrogens (tertiary/aromatic N) is 9. The van der Waals surface area contributed by atoms with Crippen LogP contribution in [0.3, 0.4) is 0 Å².